The average Bonchev–Trinajstić information content (AvgIpc) is 3.46. The molecule has 1 amide bonds. The van der Waals surface area contributed by atoms with Crippen molar-refractivity contribution < 1.29 is 39.8 Å². The van der Waals surface area contributed by atoms with Gasteiger partial charge in [0.1, 0.15) is 24.4 Å². The highest BCUT2D eigenvalue weighted by atomic mass is 16.7. The van der Waals surface area contributed by atoms with E-state index in [4.69, 9.17) is 9.47 Å². The van der Waals surface area contributed by atoms with E-state index in [-0.39, 0.29) is 12.5 Å². The standard InChI is InChI=1S/C70H109NO8/c1-3-5-7-9-11-13-15-17-19-20-21-22-23-24-25-26-27-28-29-30-31-32-33-34-35-36-37-38-39-40-41-42-43-44-46-48-50-52-54-56-58-60-66(74)71-63(62-78-70-69(77)68(76)67(75)65(61-72)79-70)64(73)59-57-55-53-51-49-47-45-18-16-14-12-10-8-6-4-2/h5,7,11,13,16-19,21-22,24-25,27-28,30-31,33-34,36-37,39-40,42-43,46,48-49,51,57,59,63-65,67-70,72-73,75-77H,3-4,6,8-10,12,14-15,20,23,26,29,32,35,38,41,44-45,47,50,52-56,58,60-62H2,1-2H3,(H,71,74)/b7-5-,13-11-,18-16+,19-17-,22-21-,25-24-,28-27-,31-30-,34-33-,37-36-,40-39-,43-42-,48-46-,51-49+,59-57+. The first kappa shape index (κ1) is 72.3. The summed E-state index contributed by atoms with van der Waals surface area (Å²) in [5.41, 5.74) is 0. The molecule has 1 aliphatic rings. The Hall–Kier alpha value is -4.71. The van der Waals surface area contributed by atoms with Gasteiger partial charge in [-0.2, -0.15) is 0 Å². The second-order valence-corrected chi connectivity index (χ2v) is 20.0. The molecule has 79 heavy (non-hydrogen) atoms. The van der Waals surface area contributed by atoms with Crippen molar-refractivity contribution in [2.24, 2.45) is 0 Å². The third-order valence-corrected chi connectivity index (χ3v) is 12.9. The second kappa shape index (κ2) is 56.6. The van der Waals surface area contributed by atoms with Gasteiger partial charge < -0.3 is 40.3 Å². The fourth-order valence-electron chi connectivity index (χ4n) is 8.17. The molecule has 1 saturated heterocycles. The topological polar surface area (TPSA) is 149 Å². The second-order valence-electron chi connectivity index (χ2n) is 20.0. The number of allylic oxidation sites excluding steroid dienone is 29. The van der Waals surface area contributed by atoms with E-state index < -0.39 is 49.5 Å². The smallest absolute Gasteiger partial charge is 0.220 e. The van der Waals surface area contributed by atoms with E-state index in [1.807, 2.05) is 6.08 Å². The zero-order chi connectivity index (χ0) is 57.2. The Morgan fingerprint density at radius 1 is 0.443 bits per heavy atom. The van der Waals surface area contributed by atoms with Crippen LogP contribution >= 0.6 is 0 Å². The first-order chi connectivity index (χ1) is 38.8. The number of carbonyl (C=O) groups is 1. The molecule has 0 aromatic heterocycles. The molecule has 7 atom stereocenters. The number of ether oxygens (including phenoxy) is 2. The number of unbranched alkanes of at least 4 members (excludes halogenated alkanes) is 11. The van der Waals surface area contributed by atoms with E-state index in [0.29, 0.717) is 19.3 Å². The lowest BCUT2D eigenvalue weighted by Gasteiger charge is -2.40. The minimum atomic E-state index is -1.59. The van der Waals surface area contributed by atoms with Crippen LogP contribution in [0.4, 0.5) is 0 Å². The molecule has 0 bridgehead atoms. The molecule has 0 aromatic rings. The minimum Gasteiger partial charge on any atom is -0.394 e. The first-order valence-corrected chi connectivity index (χ1v) is 30.5. The number of rotatable bonds is 49. The number of hydrogen-bond acceptors (Lipinski definition) is 8. The van der Waals surface area contributed by atoms with Gasteiger partial charge >= 0.3 is 0 Å². The molecule has 0 spiro atoms. The molecule has 1 heterocycles. The summed E-state index contributed by atoms with van der Waals surface area (Å²) >= 11 is 0. The van der Waals surface area contributed by atoms with Gasteiger partial charge in [-0.15, -0.1) is 0 Å². The van der Waals surface area contributed by atoms with E-state index in [2.05, 4.69) is 189 Å². The molecule has 9 heteroatoms. The van der Waals surface area contributed by atoms with E-state index in [9.17, 15) is 30.3 Å². The predicted octanol–water partition coefficient (Wildman–Crippen LogP) is 16.0. The Morgan fingerprint density at radius 3 is 1.20 bits per heavy atom. The van der Waals surface area contributed by atoms with Gasteiger partial charge in [-0.1, -0.05) is 235 Å². The molecular weight excluding hydrogens is 983 g/mol. The summed E-state index contributed by atoms with van der Waals surface area (Å²) < 4.78 is 11.2. The quantitative estimate of drug-likeness (QED) is 0.0261. The SMILES string of the molecule is CC/C=C\C/C=C\C/C=C\C/C=C\C/C=C\C/C=C\C/C=C\C/C=C\C/C=C\C/C=C\C/C=C\C/C=C\CCCCCCC(=O)NC(COC1OC(CO)C(O)C(O)C1O)C(O)/C=C/CC/C=C/CC/C=C/CCCCCCC. The number of aliphatic hydroxyl groups is 5. The molecule has 1 fully saturated rings. The lowest BCUT2D eigenvalue weighted by molar-refractivity contribution is -0.302. The third-order valence-electron chi connectivity index (χ3n) is 12.9. The summed E-state index contributed by atoms with van der Waals surface area (Å²) in [5, 5.41) is 54.4. The van der Waals surface area contributed by atoms with E-state index in [0.717, 1.165) is 128 Å². The molecule has 9 nitrogen and oxygen atoms in total. The summed E-state index contributed by atoms with van der Waals surface area (Å²) in [7, 11) is 0. The Kier molecular flexibility index (Phi) is 51.8. The van der Waals surface area contributed by atoms with Crippen molar-refractivity contribution in [3.8, 4) is 0 Å². The van der Waals surface area contributed by atoms with Crippen LogP contribution in [-0.4, -0.2) is 87.5 Å². The van der Waals surface area contributed by atoms with Crippen molar-refractivity contribution in [1.29, 1.82) is 0 Å². The van der Waals surface area contributed by atoms with Gasteiger partial charge in [0.2, 0.25) is 5.91 Å². The third kappa shape index (κ3) is 45.7. The van der Waals surface area contributed by atoms with Crippen LogP contribution in [0, 0.1) is 0 Å². The lowest BCUT2D eigenvalue weighted by atomic mass is 9.99. The highest BCUT2D eigenvalue weighted by Gasteiger charge is 2.44. The Morgan fingerprint density at radius 2 is 0.797 bits per heavy atom. The average molecular weight is 1090 g/mol. The van der Waals surface area contributed by atoms with Crippen molar-refractivity contribution in [1.82, 2.24) is 5.32 Å². The largest absolute Gasteiger partial charge is 0.394 e. The number of aliphatic hydroxyl groups excluding tert-OH is 5. The van der Waals surface area contributed by atoms with Crippen molar-refractivity contribution in [3.63, 3.8) is 0 Å². The van der Waals surface area contributed by atoms with Crippen LogP contribution in [0.25, 0.3) is 0 Å². The molecule has 442 valence electrons. The Bertz CT molecular complexity index is 1890. The zero-order valence-corrected chi connectivity index (χ0v) is 49.0. The van der Waals surface area contributed by atoms with Crippen molar-refractivity contribution in [2.45, 2.75) is 236 Å². The molecular formula is C70H109NO8. The van der Waals surface area contributed by atoms with E-state index in [1.54, 1.807) is 6.08 Å². The first-order valence-electron chi connectivity index (χ1n) is 30.5. The van der Waals surface area contributed by atoms with Crippen molar-refractivity contribution in [2.75, 3.05) is 13.2 Å². The van der Waals surface area contributed by atoms with Crippen LogP contribution in [0.2, 0.25) is 0 Å². The monoisotopic (exact) mass is 1090 g/mol. The normalized spacial score (nSPS) is 19.9. The number of hydrogen-bond donors (Lipinski definition) is 6. The van der Waals surface area contributed by atoms with Crippen LogP contribution in [0.5, 0.6) is 0 Å². The molecule has 6 N–H and O–H groups in total. The van der Waals surface area contributed by atoms with Crippen molar-refractivity contribution in [3.05, 3.63) is 182 Å². The van der Waals surface area contributed by atoms with E-state index >= 15 is 0 Å². The van der Waals surface area contributed by atoms with Gasteiger partial charge in [-0.25, -0.2) is 0 Å². The minimum absolute atomic E-state index is 0.225. The zero-order valence-electron chi connectivity index (χ0n) is 49.0. The van der Waals surface area contributed by atoms with Crippen LogP contribution < -0.4 is 5.32 Å². The summed E-state index contributed by atoms with van der Waals surface area (Å²) in [6.45, 7) is 3.58. The number of carbonyl (C=O) groups excluding carboxylic acids is 1. The van der Waals surface area contributed by atoms with Crippen LogP contribution in [-0.2, 0) is 14.3 Å². The molecule has 0 radical (unpaired) electrons. The fourth-order valence-corrected chi connectivity index (χ4v) is 8.17. The maximum Gasteiger partial charge on any atom is 0.220 e. The van der Waals surface area contributed by atoms with Crippen LogP contribution in [0.15, 0.2) is 182 Å². The van der Waals surface area contributed by atoms with Crippen LogP contribution in [0.3, 0.4) is 0 Å². The predicted molar refractivity (Wildman–Crippen MR) is 335 cm³/mol. The Balaban J connectivity index is 2.22. The highest BCUT2D eigenvalue weighted by molar-refractivity contribution is 5.76. The van der Waals surface area contributed by atoms with Gasteiger partial charge in [0, 0.05) is 6.42 Å². The molecule has 0 saturated carbocycles. The summed E-state index contributed by atoms with van der Waals surface area (Å²) in [5.74, 6) is -0.225. The molecule has 7 unspecified atom stereocenters. The maximum atomic E-state index is 13.0. The summed E-state index contributed by atoms with van der Waals surface area (Å²) in [4.78, 5) is 13.0. The highest BCUT2D eigenvalue weighted by Crippen LogP contribution is 2.22. The number of nitrogens with one attached hydrogen (secondary N) is 1. The van der Waals surface area contributed by atoms with Crippen molar-refractivity contribution >= 4 is 5.91 Å². The molecule has 0 aromatic carbocycles. The molecule has 0 aliphatic carbocycles. The lowest BCUT2D eigenvalue weighted by Crippen LogP contribution is -2.60. The van der Waals surface area contributed by atoms with E-state index in [1.165, 1.54) is 32.1 Å². The Labute approximate surface area is 480 Å². The van der Waals surface area contributed by atoms with Gasteiger partial charge in [0.15, 0.2) is 6.29 Å². The summed E-state index contributed by atoms with van der Waals surface area (Å²) in [6.07, 6.45) is 85.3. The number of amides is 1. The van der Waals surface area contributed by atoms with Gasteiger partial charge in [-0.3, -0.25) is 4.79 Å². The maximum absolute atomic E-state index is 13.0. The van der Waals surface area contributed by atoms with Crippen LogP contribution in [0.1, 0.15) is 194 Å². The van der Waals surface area contributed by atoms with Gasteiger partial charge in [0.25, 0.3) is 0 Å². The van der Waals surface area contributed by atoms with Gasteiger partial charge in [0.05, 0.1) is 25.4 Å². The fraction of sp³-hybridized carbons (Fsp3) is 0.557. The van der Waals surface area contributed by atoms with Gasteiger partial charge in [-0.05, 0) is 135 Å². The molecule has 1 aliphatic heterocycles. The summed E-state index contributed by atoms with van der Waals surface area (Å²) in [6, 6.07) is -0.856. The molecule has 1 rings (SSSR count).